The van der Waals surface area contributed by atoms with Gasteiger partial charge >= 0.3 is 65.2 Å². The molecule has 0 bridgehead atoms. The number of alkyl carbamates (subject to hydrolysis) is 1. The molecular formula is C23H24ClN10Na2O7P. The second kappa shape index (κ2) is 17.0. The van der Waals surface area contributed by atoms with Crippen molar-refractivity contribution in [3.8, 4) is 12.1 Å². The summed E-state index contributed by atoms with van der Waals surface area (Å²) < 4.78 is 26.6. The summed E-state index contributed by atoms with van der Waals surface area (Å²) in [6, 6.07) is 6.53. The molecule has 1 amide bonds. The summed E-state index contributed by atoms with van der Waals surface area (Å²) in [6.07, 6.45) is 0.0865. The number of hydrogen-bond acceptors (Lipinski definition) is 15. The standard InChI is InChI=1S/C23H26ClN10O7P.2Na/c1-27-10-17-21-28-9-14(8-26)34(21)32-22(30-17)29-16-5-13(7-25)6-18(20(16)24)33-4-3-15(31-23(35)39-2)19(11-33)40-12-41-42(36,37)38;;/h5-6,9,15,19,27H,3-4,10-12H2,1-2H3,(H,29,32)(H,31,35)(H2,36,37,38);;/q;2*+1/p-2/t15-,19-;;/m1../s1. The van der Waals surface area contributed by atoms with E-state index in [1.165, 1.54) is 23.9 Å². The number of benzene rings is 1. The molecule has 2 aromatic heterocycles. The number of imidazole rings is 1. The number of rotatable bonds is 10. The van der Waals surface area contributed by atoms with E-state index in [0.29, 0.717) is 36.5 Å². The number of phosphoric ester groups is 1. The largest absolute Gasteiger partial charge is 1.00 e. The minimum atomic E-state index is -5.30. The Morgan fingerprint density at radius 3 is 2.66 bits per heavy atom. The number of nitrogens with one attached hydrogen (secondary N) is 3. The van der Waals surface area contributed by atoms with Gasteiger partial charge in [0, 0.05) is 19.6 Å². The van der Waals surface area contributed by atoms with Gasteiger partial charge in [-0.15, -0.1) is 5.10 Å². The Bertz CT molecular complexity index is 1610. The first-order chi connectivity index (χ1) is 20.1. The third-order valence-electron chi connectivity index (χ3n) is 6.20. The minimum Gasteiger partial charge on any atom is -0.790 e. The van der Waals surface area contributed by atoms with Crippen LogP contribution in [0.4, 0.5) is 22.1 Å². The summed E-state index contributed by atoms with van der Waals surface area (Å²) in [7, 11) is -2.38. The number of aromatic nitrogens is 4. The van der Waals surface area contributed by atoms with E-state index in [-0.39, 0.29) is 93.6 Å². The van der Waals surface area contributed by atoms with E-state index < -0.39 is 32.9 Å². The van der Waals surface area contributed by atoms with E-state index in [4.69, 9.17) is 16.3 Å². The Labute approximate surface area is 301 Å². The molecule has 1 aromatic carbocycles. The van der Waals surface area contributed by atoms with E-state index in [2.05, 4.69) is 46.3 Å². The molecule has 0 spiro atoms. The molecule has 3 aromatic rings. The fraction of sp³-hybridized carbons (Fsp3) is 0.391. The van der Waals surface area contributed by atoms with Crippen LogP contribution in [-0.4, -0.2) is 71.9 Å². The molecule has 17 nitrogen and oxygen atoms in total. The van der Waals surface area contributed by atoms with E-state index in [1.807, 2.05) is 6.07 Å². The maximum Gasteiger partial charge on any atom is 1.00 e. The molecule has 1 saturated heterocycles. The van der Waals surface area contributed by atoms with E-state index in [0.717, 1.165) is 0 Å². The number of amides is 1. The van der Waals surface area contributed by atoms with Gasteiger partial charge in [-0.05, 0) is 25.6 Å². The average molecular weight is 665 g/mol. The van der Waals surface area contributed by atoms with Gasteiger partial charge in [0.25, 0.3) is 0 Å². The smallest absolute Gasteiger partial charge is 0.790 e. The number of piperidine rings is 1. The zero-order valence-corrected chi connectivity index (χ0v) is 29.9. The van der Waals surface area contributed by atoms with Crippen LogP contribution in [0.3, 0.4) is 0 Å². The number of phosphoric acid groups is 1. The molecule has 0 aliphatic carbocycles. The number of nitrogens with zero attached hydrogens (tertiary/aromatic N) is 7. The van der Waals surface area contributed by atoms with Gasteiger partial charge in [-0.2, -0.15) is 15.0 Å². The predicted octanol–water partition coefficient (Wildman–Crippen LogP) is -5.89. The van der Waals surface area contributed by atoms with Gasteiger partial charge < -0.3 is 49.2 Å². The molecule has 0 unspecified atom stereocenters. The number of ether oxygens (including phenoxy) is 2. The first kappa shape index (κ1) is 38.1. The Morgan fingerprint density at radius 1 is 1.27 bits per heavy atom. The molecule has 222 valence electrons. The summed E-state index contributed by atoms with van der Waals surface area (Å²) in [4.78, 5) is 44.1. The first-order valence-electron chi connectivity index (χ1n) is 12.2. The van der Waals surface area contributed by atoms with Crippen molar-refractivity contribution in [1.82, 2.24) is 30.2 Å². The summed E-state index contributed by atoms with van der Waals surface area (Å²) in [5.74, 6) is 0.0872. The fourth-order valence-corrected chi connectivity index (χ4v) is 4.80. The van der Waals surface area contributed by atoms with Crippen molar-refractivity contribution >= 4 is 48.5 Å². The van der Waals surface area contributed by atoms with E-state index in [9.17, 15) is 29.7 Å². The van der Waals surface area contributed by atoms with Crippen LogP contribution in [0.5, 0.6) is 0 Å². The Balaban J connectivity index is 0.00000337. The van der Waals surface area contributed by atoms with Crippen LogP contribution in [0, 0.1) is 22.7 Å². The van der Waals surface area contributed by atoms with Crippen molar-refractivity contribution in [2.75, 3.05) is 44.3 Å². The van der Waals surface area contributed by atoms with Crippen LogP contribution in [-0.2, 0) is 25.1 Å². The monoisotopic (exact) mass is 664 g/mol. The SMILES string of the molecule is CNCc1nc(Nc2cc(C#N)cc(N3CC[C@@H](NC(=O)OC)[C@H](OCOP(=O)([O-])[O-])C3)c2Cl)nn2c(C#N)cnc12.[Na+].[Na+]. The Morgan fingerprint density at radius 2 is 2.02 bits per heavy atom. The number of halogens is 1. The number of anilines is 3. The molecular weight excluding hydrogens is 641 g/mol. The van der Waals surface area contributed by atoms with Gasteiger partial charge in [-0.1, -0.05) is 11.6 Å². The summed E-state index contributed by atoms with van der Waals surface area (Å²) in [6.45, 7) is -0.147. The van der Waals surface area contributed by atoms with Gasteiger partial charge in [0.05, 0.1) is 61.3 Å². The Hall–Kier alpha value is -2.06. The molecule has 1 fully saturated rings. The van der Waals surface area contributed by atoms with Crippen molar-refractivity contribution < 1.29 is 92.3 Å². The zero-order valence-electron chi connectivity index (χ0n) is 24.2. The predicted molar refractivity (Wildman–Crippen MR) is 142 cm³/mol. The van der Waals surface area contributed by atoms with Crippen LogP contribution in [0.15, 0.2) is 18.3 Å². The summed E-state index contributed by atoms with van der Waals surface area (Å²) >= 11 is 6.80. The third kappa shape index (κ3) is 9.48. The minimum absolute atomic E-state index is 0. The molecule has 44 heavy (non-hydrogen) atoms. The van der Waals surface area contributed by atoms with Crippen LogP contribution >= 0.6 is 19.4 Å². The molecule has 21 heteroatoms. The third-order valence-corrected chi connectivity index (χ3v) is 7.02. The van der Waals surface area contributed by atoms with Crippen molar-refractivity contribution in [2.24, 2.45) is 0 Å². The second-order valence-electron chi connectivity index (χ2n) is 8.87. The van der Waals surface area contributed by atoms with Crippen molar-refractivity contribution in [3.05, 3.63) is 40.3 Å². The van der Waals surface area contributed by atoms with Crippen LogP contribution in [0.25, 0.3) is 5.65 Å². The van der Waals surface area contributed by atoms with Crippen LogP contribution < -0.4 is 89.8 Å². The molecule has 3 N–H and O–H groups in total. The van der Waals surface area contributed by atoms with Gasteiger partial charge in [-0.25, -0.2) is 14.8 Å². The van der Waals surface area contributed by atoms with Crippen LogP contribution in [0.1, 0.15) is 23.4 Å². The fourth-order valence-electron chi connectivity index (χ4n) is 4.33. The Kier molecular flexibility index (Phi) is 14.7. The van der Waals surface area contributed by atoms with Gasteiger partial charge in [-0.3, -0.25) is 0 Å². The van der Waals surface area contributed by atoms with Crippen molar-refractivity contribution in [3.63, 3.8) is 0 Å². The number of carbonyl (C=O) groups excluding carboxylic acids is 1. The number of methoxy groups -OCH3 is 1. The summed E-state index contributed by atoms with van der Waals surface area (Å²) in [5, 5.41) is 32.4. The molecule has 4 rings (SSSR count). The normalized spacial score (nSPS) is 16.2. The number of carbonyl (C=O) groups is 1. The van der Waals surface area contributed by atoms with Gasteiger partial charge in [0.15, 0.2) is 18.1 Å². The van der Waals surface area contributed by atoms with Crippen LogP contribution in [0.2, 0.25) is 5.02 Å². The average Bonchev–Trinajstić information content (AvgIpc) is 3.37. The van der Waals surface area contributed by atoms with Gasteiger partial charge in [0.2, 0.25) is 5.95 Å². The molecule has 2 atom stereocenters. The van der Waals surface area contributed by atoms with Crippen molar-refractivity contribution in [2.45, 2.75) is 25.1 Å². The van der Waals surface area contributed by atoms with Crippen molar-refractivity contribution in [1.29, 1.82) is 10.5 Å². The molecule has 1 aliphatic rings. The van der Waals surface area contributed by atoms with Gasteiger partial charge in [0.1, 0.15) is 11.8 Å². The van der Waals surface area contributed by atoms with E-state index in [1.54, 1.807) is 18.0 Å². The van der Waals surface area contributed by atoms with E-state index >= 15 is 0 Å². The summed E-state index contributed by atoms with van der Waals surface area (Å²) in [5.41, 5.74) is 2.03. The molecule has 0 radical (unpaired) electrons. The quantitative estimate of drug-likeness (QED) is 0.104. The number of fused-ring (bicyclic) bond motifs is 1. The molecule has 0 saturated carbocycles. The first-order valence-corrected chi connectivity index (χ1v) is 14.1. The molecule has 3 heterocycles. The number of nitriles is 2. The number of hydrogen-bond donors (Lipinski definition) is 3. The zero-order chi connectivity index (χ0) is 30.4. The maximum absolute atomic E-state index is 11.9. The topological polar surface area (TPSA) is 238 Å². The maximum atomic E-state index is 11.9. The second-order valence-corrected chi connectivity index (χ2v) is 10.4. The molecule has 1 aliphatic heterocycles.